The predicted molar refractivity (Wildman–Crippen MR) is 74.7 cm³/mol. The van der Waals surface area contributed by atoms with Gasteiger partial charge in [-0.2, -0.15) is 0 Å². The lowest BCUT2D eigenvalue weighted by molar-refractivity contribution is 0.0781. The highest BCUT2D eigenvalue weighted by molar-refractivity contribution is 9.13. The van der Waals surface area contributed by atoms with E-state index in [1.165, 1.54) is 11.3 Å². The van der Waals surface area contributed by atoms with Crippen LogP contribution < -0.4 is 0 Å². The van der Waals surface area contributed by atoms with Crippen LogP contribution >= 0.6 is 43.2 Å². The molecule has 0 N–H and O–H groups in total. The number of terminal acetylenes is 1. The minimum atomic E-state index is -0.00352. The van der Waals surface area contributed by atoms with E-state index >= 15 is 0 Å². The Bertz CT molecular complexity index is 403. The normalized spacial score (nSPS) is 9.88. The zero-order chi connectivity index (χ0) is 12.1. The molecule has 86 valence electrons. The summed E-state index contributed by atoms with van der Waals surface area (Å²) in [6.45, 7) is 3.08. The van der Waals surface area contributed by atoms with Crippen LogP contribution in [0.5, 0.6) is 0 Å². The molecule has 0 aromatic carbocycles. The van der Waals surface area contributed by atoms with Crippen LogP contribution in [0.4, 0.5) is 0 Å². The smallest absolute Gasteiger partial charge is 0.264 e. The molecule has 2 nitrogen and oxygen atoms in total. The maximum Gasteiger partial charge on any atom is 0.264 e. The van der Waals surface area contributed by atoms with Crippen LogP contribution in [0.2, 0.25) is 0 Å². The standard InChI is InChI=1S/C11H11Br2NOS/c1-3-5-14(6-4-2)11(15)9-7-8(12)10(13)16-9/h1,7H,4-6H2,2H3. The van der Waals surface area contributed by atoms with Crippen molar-refractivity contribution in [3.8, 4) is 12.3 Å². The van der Waals surface area contributed by atoms with Gasteiger partial charge in [-0.15, -0.1) is 17.8 Å². The molecule has 1 heterocycles. The number of nitrogens with zero attached hydrogens (tertiary/aromatic N) is 1. The summed E-state index contributed by atoms with van der Waals surface area (Å²) in [5.41, 5.74) is 0. The highest BCUT2D eigenvalue weighted by Crippen LogP contribution is 2.32. The molecule has 1 aromatic heterocycles. The first kappa shape index (κ1) is 13.8. The molecule has 0 bridgehead atoms. The van der Waals surface area contributed by atoms with Crippen molar-refractivity contribution < 1.29 is 4.79 Å². The maximum atomic E-state index is 12.1. The van der Waals surface area contributed by atoms with Gasteiger partial charge in [-0.05, 0) is 44.3 Å². The van der Waals surface area contributed by atoms with Crippen LogP contribution in [-0.2, 0) is 0 Å². The molecule has 0 fully saturated rings. The number of thiophene rings is 1. The highest BCUT2D eigenvalue weighted by Gasteiger charge is 2.17. The van der Waals surface area contributed by atoms with E-state index in [0.29, 0.717) is 18.0 Å². The first-order valence-electron chi connectivity index (χ1n) is 4.77. The number of carbonyl (C=O) groups excluding carboxylic acids is 1. The number of hydrogen-bond donors (Lipinski definition) is 0. The van der Waals surface area contributed by atoms with Crippen molar-refractivity contribution in [2.45, 2.75) is 13.3 Å². The summed E-state index contributed by atoms with van der Waals surface area (Å²) in [7, 11) is 0. The Kier molecular flexibility index (Phi) is 5.53. The van der Waals surface area contributed by atoms with Crippen LogP contribution in [0.25, 0.3) is 0 Å². The Morgan fingerprint density at radius 2 is 2.31 bits per heavy atom. The molecular formula is C11H11Br2NOS. The van der Waals surface area contributed by atoms with E-state index in [4.69, 9.17) is 6.42 Å². The van der Waals surface area contributed by atoms with Gasteiger partial charge >= 0.3 is 0 Å². The Morgan fingerprint density at radius 3 is 2.75 bits per heavy atom. The molecule has 0 atom stereocenters. The SMILES string of the molecule is C#CCN(CCC)C(=O)c1cc(Br)c(Br)s1. The minimum Gasteiger partial charge on any atom is -0.327 e. The monoisotopic (exact) mass is 363 g/mol. The zero-order valence-electron chi connectivity index (χ0n) is 8.80. The molecule has 0 saturated heterocycles. The Labute approximate surface area is 116 Å². The van der Waals surface area contributed by atoms with Crippen molar-refractivity contribution in [1.82, 2.24) is 4.90 Å². The fourth-order valence-corrected chi connectivity index (χ4v) is 3.24. The van der Waals surface area contributed by atoms with E-state index in [1.807, 2.05) is 13.0 Å². The molecule has 0 radical (unpaired) electrons. The molecular weight excluding hydrogens is 354 g/mol. The van der Waals surface area contributed by atoms with Gasteiger partial charge in [0.25, 0.3) is 5.91 Å². The number of halogens is 2. The van der Waals surface area contributed by atoms with Crippen molar-refractivity contribution in [2.24, 2.45) is 0 Å². The number of carbonyl (C=O) groups is 1. The Morgan fingerprint density at radius 1 is 1.62 bits per heavy atom. The van der Waals surface area contributed by atoms with Gasteiger partial charge in [-0.3, -0.25) is 4.79 Å². The number of amides is 1. The third kappa shape index (κ3) is 3.34. The minimum absolute atomic E-state index is 0.00352. The number of hydrogen-bond acceptors (Lipinski definition) is 2. The molecule has 0 aliphatic carbocycles. The largest absolute Gasteiger partial charge is 0.327 e. The van der Waals surface area contributed by atoms with Gasteiger partial charge in [0.15, 0.2) is 0 Å². The summed E-state index contributed by atoms with van der Waals surface area (Å²) < 4.78 is 1.83. The third-order valence-corrected chi connectivity index (χ3v) is 5.16. The van der Waals surface area contributed by atoms with Crippen LogP contribution in [0.3, 0.4) is 0 Å². The summed E-state index contributed by atoms with van der Waals surface area (Å²) >= 11 is 8.15. The lowest BCUT2D eigenvalue weighted by atomic mass is 10.3. The highest BCUT2D eigenvalue weighted by atomic mass is 79.9. The Hall–Kier alpha value is -0.310. The van der Waals surface area contributed by atoms with Crippen LogP contribution in [0, 0.1) is 12.3 Å². The van der Waals surface area contributed by atoms with E-state index in [9.17, 15) is 4.79 Å². The first-order chi connectivity index (χ1) is 7.60. The summed E-state index contributed by atoms with van der Waals surface area (Å²) in [4.78, 5) is 14.5. The summed E-state index contributed by atoms with van der Waals surface area (Å²) in [5, 5.41) is 0. The van der Waals surface area contributed by atoms with Gasteiger partial charge < -0.3 is 4.90 Å². The average molecular weight is 365 g/mol. The molecule has 1 amide bonds. The van der Waals surface area contributed by atoms with Crippen molar-refractivity contribution in [1.29, 1.82) is 0 Å². The predicted octanol–water partition coefficient (Wildman–Crippen LogP) is 3.76. The van der Waals surface area contributed by atoms with Crippen LogP contribution in [0.1, 0.15) is 23.0 Å². The van der Waals surface area contributed by atoms with E-state index in [1.54, 1.807) is 4.90 Å². The summed E-state index contributed by atoms with van der Waals surface area (Å²) in [5.74, 6) is 2.51. The average Bonchev–Trinajstić information content (AvgIpc) is 2.58. The van der Waals surface area contributed by atoms with Crippen LogP contribution in [0.15, 0.2) is 14.3 Å². The van der Waals surface area contributed by atoms with Crippen molar-refractivity contribution in [2.75, 3.05) is 13.1 Å². The molecule has 1 aromatic rings. The van der Waals surface area contributed by atoms with Crippen molar-refractivity contribution in [3.63, 3.8) is 0 Å². The lowest BCUT2D eigenvalue weighted by Crippen LogP contribution is -2.31. The summed E-state index contributed by atoms with van der Waals surface area (Å²) in [6, 6.07) is 1.82. The molecule has 0 saturated carbocycles. The molecule has 1 rings (SSSR count). The van der Waals surface area contributed by atoms with E-state index in [0.717, 1.165) is 14.7 Å². The van der Waals surface area contributed by atoms with Crippen molar-refractivity contribution in [3.05, 3.63) is 19.2 Å². The van der Waals surface area contributed by atoms with Crippen molar-refractivity contribution >= 4 is 49.1 Å². The fourth-order valence-electron chi connectivity index (χ4n) is 1.24. The number of rotatable bonds is 4. The van der Waals surface area contributed by atoms with E-state index < -0.39 is 0 Å². The van der Waals surface area contributed by atoms with E-state index in [-0.39, 0.29) is 5.91 Å². The molecule has 5 heteroatoms. The summed E-state index contributed by atoms with van der Waals surface area (Å²) in [6.07, 6.45) is 6.16. The lowest BCUT2D eigenvalue weighted by Gasteiger charge is -2.18. The fraction of sp³-hybridized carbons (Fsp3) is 0.364. The molecule has 0 aliphatic rings. The molecule has 0 unspecified atom stereocenters. The van der Waals surface area contributed by atoms with Gasteiger partial charge in [-0.1, -0.05) is 12.8 Å². The van der Waals surface area contributed by atoms with Gasteiger partial charge in [-0.25, -0.2) is 0 Å². The second-order valence-electron chi connectivity index (χ2n) is 3.16. The van der Waals surface area contributed by atoms with Gasteiger partial charge in [0.2, 0.25) is 0 Å². The second-order valence-corrected chi connectivity index (χ2v) is 6.39. The van der Waals surface area contributed by atoms with Crippen LogP contribution in [-0.4, -0.2) is 23.9 Å². The zero-order valence-corrected chi connectivity index (χ0v) is 12.8. The second kappa shape index (κ2) is 6.43. The van der Waals surface area contributed by atoms with Gasteiger partial charge in [0.1, 0.15) is 0 Å². The van der Waals surface area contributed by atoms with E-state index in [2.05, 4.69) is 37.8 Å². The first-order valence-corrected chi connectivity index (χ1v) is 7.18. The third-order valence-electron chi connectivity index (χ3n) is 1.92. The maximum absolute atomic E-state index is 12.1. The topological polar surface area (TPSA) is 20.3 Å². The van der Waals surface area contributed by atoms with Gasteiger partial charge in [0, 0.05) is 11.0 Å². The molecule has 16 heavy (non-hydrogen) atoms. The Balaban J connectivity index is 2.86. The van der Waals surface area contributed by atoms with Gasteiger partial charge in [0.05, 0.1) is 15.2 Å². The molecule has 0 spiro atoms. The quantitative estimate of drug-likeness (QED) is 0.745. The molecule has 0 aliphatic heterocycles.